The minimum absolute atomic E-state index is 0.349. The normalized spacial score (nSPS) is 17.9. The van der Waals surface area contributed by atoms with Crippen LogP contribution < -0.4 is 5.32 Å². The van der Waals surface area contributed by atoms with Crippen molar-refractivity contribution in [3.05, 3.63) is 34.5 Å². The third kappa shape index (κ3) is 2.94. The van der Waals surface area contributed by atoms with Crippen LogP contribution in [0.1, 0.15) is 50.8 Å². The lowest BCUT2D eigenvalue weighted by atomic mass is 9.97. The average molecular weight is 336 g/mol. The highest BCUT2D eigenvalue weighted by molar-refractivity contribution is 9.10. The second-order valence-electron chi connectivity index (χ2n) is 5.80. The van der Waals surface area contributed by atoms with E-state index in [1.165, 1.54) is 37.5 Å². The molecule has 1 aliphatic rings. The first kappa shape index (κ1) is 14.2. The minimum Gasteiger partial charge on any atom is -0.458 e. The van der Waals surface area contributed by atoms with Crippen molar-refractivity contribution in [2.75, 3.05) is 6.54 Å². The van der Waals surface area contributed by atoms with Crippen molar-refractivity contribution in [1.82, 2.24) is 5.32 Å². The maximum absolute atomic E-state index is 6.11. The van der Waals surface area contributed by atoms with Crippen molar-refractivity contribution >= 4 is 26.9 Å². The maximum Gasteiger partial charge on any atom is 0.148 e. The van der Waals surface area contributed by atoms with Gasteiger partial charge in [0.05, 0.1) is 10.5 Å². The lowest BCUT2D eigenvalue weighted by Crippen LogP contribution is -2.22. The highest BCUT2D eigenvalue weighted by Crippen LogP contribution is 2.36. The van der Waals surface area contributed by atoms with Crippen LogP contribution in [0.3, 0.4) is 0 Å². The van der Waals surface area contributed by atoms with Gasteiger partial charge < -0.3 is 9.73 Å². The molecule has 0 bridgehead atoms. The lowest BCUT2D eigenvalue weighted by molar-refractivity contribution is 0.354. The van der Waals surface area contributed by atoms with E-state index < -0.39 is 0 Å². The van der Waals surface area contributed by atoms with E-state index in [1.807, 2.05) is 6.07 Å². The molecule has 3 heteroatoms. The molecule has 0 spiro atoms. The molecule has 2 nitrogen and oxygen atoms in total. The molecule has 1 fully saturated rings. The molecule has 1 unspecified atom stereocenters. The summed E-state index contributed by atoms with van der Waals surface area (Å²) in [6, 6.07) is 8.76. The monoisotopic (exact) mass is 335 g/mol. The van der Waals surface area contributed by atoms with E-state index >= 15 is 0 Å². The summed E-state index contributed by atoms with van der Waals surface area (Å²) in [5.74, 6) is 1.94. The second-order valence-corrected chi connectivity index (χ2v) is 6.66. The SMILES string of the molecule is CCNC(CC1CCCC1)c1cc2cccc(Br)c2o1. The van der Waals surface area contributed by atoms with Crippen LogP contribution in [-0.2, 0) is 0 Å². The molecule has 1 heterocycles. The van der Waals surface area contributed by atoms with E-state index in [-0.39, 0.29) is 0 Å². The zero-order valence-corrected chi connectivity index (χ0v) is 13.6. The van der Waals surface area contributed by atoms with Crippen molar-refractivity contribution in [3.63, 3.8) is 0 Å². The summed E-state index contributed by atoms with van der Waals surface area (Å²) >= 11 is 3.57. The summed E-state index contributed by atoms with van der Waals surface area (Å²) < 4.78 is 7.15. The third-order valence-corrected chi connectivity index (χ3v) is 4.98. The van der Waals surface area contributed by atoms with Gasteiger partial charge in [-0.05, 0) is 46.9 Å². The van der Waals surface area contributed by atoms with Crippen LogP contribution in [-0.4, -0.2) is 6.54 Å². The molecule has 20 heavy (non-hydrogen) atoms. The predicted octanol–water partition coefficient (Wildman–Crippen LogP) is 5.43. The number of rotatable bonds is 5. The lowest BCUT2D eigenvalue weighted by Gasteiger charge is -2.19. The van der Waals surface area contributed by atoms with Gasteiger partial charge in [-0.15, -0.1) is 0 Å². The summed E-state index contributed by atoms with van der Waals surface area (Å²) in [5, 5.41) is 4.78. The van der Waals surface area contributed by atoms with Crippen LogP contribution in [0.2, 0.25) is 0 Å². The molecule has 1 N–H and O–H groups in total. The number of hydrogen-bond donors (Lipinski definition) is 1. The van der Waals surface area contributed by atoms with E-state index in [2.05, 4.69) is 46.4 Å². The average Bonchev–Trinajstić information content (AvgIpc) is 3.07. The molecule has 0 amide bonds. The second kappa shape index (κ2) is 6.31. The Bertz CT molecular complexity index is 571. The van der Waals surface area contributed by atoms with Crippen molar-refractivity contribution < 1.29 is 4.42 Å². The molecule has 1 aromatic carbocycles. The Morgan fingerprint density at radius 2 is 2.15 bits per heavy atom. The Morgan fingerprint density at radius 3 is 2.85 bits per heavy atom. The molecular weight excluding hydrogens is 314 g/mol. The van der Waals surface area contributed by atoms with Gasteiger partial charge >= 0.3 is 0 Å². The van der Waals surface area contributed by atoms with Crippen LogP contribution in [0.4, 0.5) is 0 Å². The van der Waals surface area contributed by atoms with E-state index in [9.17, 15) is 0 Å². The minimum atomic E-state index is 0.349. The van der Waals surface area contributed by atoms with Gasteiger partial charge in [-0.2, -0.15) is 0 Å². The summed E-state index contributed by atoms with van der Waals surface area (Å²) in [6.07, 6.45) is 6.76. The summed E-state index contributed by atoms with van der Waals surface area (Å²) in [4.78, 5) is 0. The first-order chi connectivity index (χ1) is 9.78. The Balaban J connectivity index is 1.86. The smallest absolute Gasteiger partial charge is 0.148 e. The molecule has 1 aliphatic carbocycles. The molecule has 0 radical (unpaired) electrons. The van der Waals surface area contributed by atoms with Crippen LogP contribution in [0.5, 0.6) is 0 Å². The highest BCUT2D eigenvalue weighted by Gasteiger charge is 2.23. The topological polar surface area (TPSA) is 25.2 Å². The number of benzene rings is 1. The van der Waals surface area contributed by atoms with Gasteiger partial charge in [-0.1, -0.05) is 44.7 Å². The van der Waals surface area contributed by atoms with Crippen molar-refractivity contribution in [1.29, 1.82) is 0 Å². The van der Waals surface area contributed by atoms with E-state index in [0.29, 0.717) is 6.04 Å². The Hall–Kier alpha value is -0.800. The fraction of sp³-hybridized carbons (Fsp3) is 0.529. The van der Waals surface area contributed by atoms with Gasteiger partial charge in [0.15, 0.2) is 0 Å². The molecule has 1 atom stereocenters. The van der Waals surface area contributed by atoms with Gasteiger partial charge in [0.1, 0.15) is 11.3 Å². The van der Waals surface area contributed by atoms with E-state index in [1.54, 1.807) is 0 Å². The zero-order chi connectivity index (χ0) is 13.9. The first-order valence-corrected chi connectivity index (χ1v) is 8.48. The third-order valence-electron chi connectivity index (χ3n) is 4.35. The van der Waals surface area contributed by atoms with Crippen LogP contribution in [0, 0.1) is 5.92 Å². The van der Waals surface area contributed by atoms with Crippen molar-refractivity contribution in [3.8, 4) is 0 Å². The van der Waals surface area contributed by atoms with Crippen LogP contribution in [0.25, 0.3) is 11.0 Å². The first-order valence-electron chi connectivity index (χ1n) is 7.69. The quantitative estimate of drug-likeness (QED) is 0.788. The van der Waals surface area contributed by atoms with Gasteiger partial charge in [0, 0.05) is 5.39 Å². The maximum atomic E-state index is 6.11. The fourth-order valence-corrected chi connectivity index (χ4v) is 3.81. The standard InChI is InChI=1S/C17H22BrNO/c1-2-19-15(10-12-6-3-4-7-12)16-11-13-8-5-9-14(18)17(13)20-16/h5,8-9,11-12,15,19H,2-4,6-7,10H2,1H3. The molecule has 0 aliphatic heterocycles. The van der Waals surface area contributed by atoms with E-state index in [0.717, 1.165) is 28.3 Å². The molecule has 3 rings (SSSR count). The number of nitrogens with one attached hydrogen (secondary N) is 1. The van der Waals surface area contributed by atoms with E-state index in [4.69, 9.17) is 4.42 Å². The van der Waals surface area contributed by atoms with Gasteiger partial charge in [0.25, 0.3) is 0 Å². The molecule has 1 aromatic heterocycles. The number of halogens is 1. The van der Waals surface area contributed by atoms with Gasteiger partial charge in [-0.3, -0.25) is 0 Å². The zero-order valence-electron chi connectivity index (χ0n) is 12.0. The van der Waals surface area contributed by atoms with Crippen LogP contribution in [0.15, 0.2) is 33.2 Å². The largest absolute Gasteiger partial charge is 0.458 e. The predicted molar refractivity (Wildman–Crippen MR) is 86.9 cm³/mol. The Kier molecular flexibility index (Phi) is 4.47. The number of furan rings is 1. The molecule has 108 valence electrons. The molecule has 0 saturated heterocycles. The number of para-hydroxylation sites is 1. The van der Waals surface area contributed by atoms with Crippen molar-refractivity contribution in [2.24, 2.45) is 5.92 Å². The molecular formula is C17H22BrNO. The Labute approximate surface area is 129 Å². The number of fused-ring (bicyclic) bond motifs is 1. The highest BCUT2D eigenvalue weighted by atomic mass is 79.9. The molecule has 2 aromatic rings. The summed E-state index contributed by atoms with van der Waals surface area (Å²) in [5.41, 5.74) is 0.969. The van der Waals surface area contributed by atoms with Crippen LogP contribution >= 0.6 is 15.9 Å². The van der Waals surface area contributed by atoms with Crippen molar-refractivity contribution in [2.45, 2.75) is 45.1 Å². The van der Waals surface area contributed by atoms with Gasteiger partial charge in [0.2, 0.25) is 0 Å². The summed E-state index contributed by atoms with van der Waals surface area (Å²) in [6.45, 7) is 3.15. The molecule has 1 saturated carbocycles. The summed E-state index contributed by atoms with van der Waals surface area (Å²) in [7, 11) is 0. The van der Waals surface area contributed by atoms with Gasteiger partial charge in [-0.25, -0.2) is 0 Å². The number of hydrogen-bond acceptors (Lipinski definition) is 2. The fourth-order valence-electron chi connectivity index (χ4n) is 3.35. The Morgan fingerprint density at radius 1 is 1.35 bits per heavy atom.